The molecule has 3 aromatic carbocycles. The van der Waals surface area contributed by atoms with Crippen molar-refractivity contribution >= 4 is 134 Å². The highest BCUT2D eigenvalue weighted by molar-refractivity contribution is 7.98. The number of fused-ring (bicyclic) bond motifs is 2. The molecule has 5 aromatic heterocycles. The van der Waals surface area contributed by atoms with Crippen LogP contribution in [0.3, 0.4) is 0 Å². The highest BCUT2D eigenvalue weighted by Crippen LogP contribution is 2.44. The Labute approximate surface area is 379 Å². The van der Waals surface area contributed by atoms with Crippen molar-refractivity contribution in [2.24, 2.45) is 20.5 Å². The van der Waals surface area contributed by atoms with Gasteiger partial charge in [-0.2, -0.15) is 23.7 Å². The monoisotopic (exact) mass is 921 g/mol. The van der Waals surface area contributed by atoms with E-state index >= 15 is 0 Å². The minimum Gasteiger partial charge on any atom is -0.495 e. The maximum atomic E-state index is 5.60. The lowest BCUT2D eigenvalue weighted by Crippen LogP contribution is -2.21. The van der Waals surface area contributed by atoms with Crippen LogP contribution in [0.4, 0.5) is 56.0 Å². The van der Waals surface area contributed by atoms with Gasteiger partial charge in [-0.15, -0.1) is 43.1 Å². The number of hydrogen-bond acceptors (Lipinski definition) is 20. The molecular weight excluding hydrogens is 879 g/mol. The van der Waals surface area contributed by atoms with Gasteiger partial charge in [-0.3, -0.25) is 0 Å². The number of thioether (sulfide) groups is 1. The Bertz CT molecular complexity index is 2660. The van der Waals surface area contributed by atoms with Crippen LogP contribution in [-0.2, 0) is 5.75 Å². The highest BCUT2D eigenvalue weighted by atomic mass is 32.2. The van der Waals surface area contributed by atoms with Gasteiger partial charge >= 0.3 is 0 Å². The van der Waals surface area contributed by atoms with Gasteiger partial charge in [-0.05, 0) is 92.7 Å². The SMILES string of the molecule is CCN(CC)c1ccc(N=Nc2snc3scc(OC)c23)c(Nc2nc(Nc3cc(N(CC)CC)ccc3N=Nc3snc4scc(OC)c34)nc(SCc3ccccc3)n2)c1. The highest BCUT2D eigenvalue weighted by Gasteiger charge is 2.18. The number of aromatic nitrogens is 5. The first kappa shape index (κ1) is 42.9. The molecule has 20 heteroatoms. The third-order valence-corrected chi connectivity index (χ3v) is 14.1. The molecule has 2 N–H and O–H groups in total. The third kappa shape index (κ3) is 9.48. The molecule has 0 amide bonds. The lowest BCUT2D eigenvalue weighted by atomic mass is 10.2. The standard InChI is InChI=1S/C42H43N13O2S5/c1-7-54(8-2)26-16-18-28(48-50-36-34-32(56-5)23-58-38(34)52-61-36)30(20-26)43-40-45-41(47-42(46-40)60-22-25-14-12-11-13-15-25)44-31-21-27(55(9-3)10-4)17-19-29(31)49-51-37-35-33(57-6)24-59-39(35)53-62-37/h11-21,23-24H,7-10,22H2,1-6H3,(H2,43,44,45,46,47). The van der Waals surface area contributed by atoms with E-state index in [4.69, 9.17) is 34.7 Å². The summed E-state index contributed by atoms with van der Waals surface area (Å²) < 4.78 is 20.3. The number of methoxy groups -OCH3 is 2. The first-order chi connectivity index (χ1) is 30.4. The number of ether oxygens (including phenoxy) is 2. The summed E-state index contributed by atoms with van der Waals surface area (Å²) in [6, 6.07) is 22.3. The van der Waals surface area contributed by atoms with Gasteiger partial charge in [0.1, 0.15) is 32.5 Å². The smallest absolute Gasteiger partial charge is 0.233 e. The van der Waals surface area contributed by atoms with Gasteiger partial charge in [0.15, 0.2) is 15.2 Å². The van der Waals surface area contributed by atoms with Crippen LogP contribution < -0.4 is 29.9 Å². The molecule has 0 aliphatic heterocycles. The van der Waals surface area contributed by atoms with E-state index in [1.165, 1.54) is 57.5 Å². The Morgan fingerprint density at radius 3 is 1.55 bits per heavy atom. The molecule has 0 radical (unpaired) electrons. The van der Waals surface area contributed by atoms with Crippen LogP contribution in [0.5, 0.6) is 11.5 Å². The van der Waals surface area contributed by atoms with Crippen molar-refractivity contribution in [2.75, 3.05) is 60.8 Å². The lowest BCUT2D eigenvalue weighted by molar-refractivity contribution is 0.421. The fourth-order valence-electron chi connectivity index (χ4n) is 6.58. The zero-order valence-electron chi connectivity index (χ0n) is 34.8. The Hall–Kier alpha value is -5.80. The van der Waals surface area contributed by atoms with E-state index in [0.717, 1.165) is 75.0 Å². The summed E-state index contributed by atoms with van der Waals surface area (Å²) in [4.78, 5) is 21.1. The van der Waals surface area contributed by atoms with E-state index in [1.807, 2.05) is 65.4 Å². The molecule has 0 fully saturated rings. The fraction of sp³-hybridized carbons (Fsp3) is 0.262. The summed E-state index contributed by atoms with van der Waals surface area (Å²) in [6.07, 6.45) is 0. The van der Waals surface area contributed by atoms with Crippen LogP contribution in [0.1, 0.15) is 33.3 Å². The van der Waals surface area contributed by atoms with Gasteiger partial charge < -0.3 is 29.9 Å². The molecule has 0 aliphatic carbocycles. The van der Waals surface area contributed by atoms with E-state index < -0.39 is 0 Å². The molecule has 0 unspecified atom stereocenters. The van der Waals surface area contributed by atoms with Crippen molar-refractivity contribution in [3.63, 3.8) is 0 Å². The van der Waals surface area contributed by atoms with Crippen molar-refractivity contribution in [1.82, 2.24) is 23.7 Å². The second kappa shape index (κ2) is 19.9. The van der Waals surface area contributed by atoms with Crippen molar-refractivity contribution in [3.8, 4) is 11.5 Å². The molecular formula is C42H43N13O2S5. The van der Waals surface area contributed by atoms with E-state index in [-0.39, 0.29) is 0 Å². The molecule has 318 valence electrons. The predicted molar refractivity (Wildman–Crippen MR) is 259 cm³/mol. The van der Waals surface area contributed by atoms with Gasteiger partial charge in [0.05, 0.1) is 36.4 Å². The second-order valence-corrected chi connectivity index (χ2v) is 17.5. The van der Waals surface area contributed by atoms with E-state index in [1.54, 1.807) is 14.2 Å². The number of nitrogens with one attached hydrogen (secondary N) is 2. The summed E-state index contributed by atoms with van der Waals surface area (Å²) in [5.41, 5.74) is 5.71. The summed E-state index contributed by atoms with van der Waals surface area (Å²) in [5.74, 6) is 2.76. The molecule has 5 heterocycles. The molecule has 8 aromatic rings. The second-order valence-electron chi connectivity index (χ2n) is 13.4. The third-order valence-electron chi connectivity index (χ3n) is 9.81. The first-order valence-corrected chi connectivity index (χ1v) is 24.1. The Morgan fingerprint density at radius 2 is 1.10 bits per heavy atom. The normalized spacial score (nSPS) is 11.6. The van der Waals surface area contributed by atoms with Crippen LogP contribution in [0.25, 0.3) is 20.4 Å². The fourth-order valence-corrected chi connectivity index (χ4v) is 10.8. The van der Waals surface area contributed by atoms with Crippen molar-refractivity contribution in [3.05, 3.63) is 83.1 Å². The molecule has 8 rings (SSSR count). The summed E-state index contributed by atoms with van der Waals surface area (Å²) in [7, 11) is 3.29. The number of nitrogens with zero attached hydrogens (tertiary/aromatic N) is 11. The number of anilines is 6. The number of azo groups is 2. The average Bonchev–Trinajstić information content (AvgIpc) is 4.10. The van der Waals surface area contributed by atoms with Gasteiger partial charge in [-0.25, -0.2) is 0 Å². The van der Waals surface area contributed by atoms with E-state index in [9.17, 15) is 0 Å². The first-order valence-electron chi connectivity index (χ1n) is 19.8. The molecule has 62 heavy (non-hydrogen) atoms. The van der Waals surface area contributed by atoms with E-state index in [0.29, 0.717) is 55.6 Å². The Balaban J connectivity index is 1.19. The van der Waals surface area contributed by atoms with Crippen molar-refractivity contribution < 1.29 is 9.47 Å². The lowest BCUT2D eigenvalue weighted by Gasteiger charge is -2.22. The number of hydrogen-bond donors (Lipinski definition) is 2. The summed E-state index contributed by atoms with van der Waals surface area (Å²) in [6.45, 7) is 11.8. The molecule has 0 bridgehead atoms. The maximum Gasteiger partial charge on any atom is 0.233 e. The predicted octanol–water partition coefficient (Wildman–Crippen LogP) is 13.5. The van der Waals surface area contributed by atoms with Crippen LogP contribution in [0.15, 0.2) is 103 Å². The topological polar surface area (TPSA) is 163 Å². The van der Waals surface area contributed by atoms with Crippen molar-refractivity contribution in [1.29, 1.82) is 0 Å². The minimum absolute atomic E-state index is 0.325. The van der Waals surface area contributed by atoms with Crippen molar-refractivity contribution in [2.45, 2.75) is 38.6 Å². The average molecular weight is 922 g/mol. The molecule has 0 spiro atoms. The van der Waals surface area contributed by atoms with Crippen LogP contribution >= 0.6 is 57.5 Å². The zero-order valence-corrected chi connectivity index (χ0v) is 38.9. The van der Waals surface area contributed by atoms with E-state index in [2.05, 4.69) is 79.2 Å². The van der Waals surface area contributed by atoms with Crippen LogP contribution in [-0.4, -0.2) is 64.1 Å². The molecule has 0 saturated carbocycles. The maximum absolute atomic E-state index is 5.60. The molecule has 0 aliphatic rings. The molecule has 15 nitrogen and oxygen atoms in total. The van der Waals surface area contributed by atoms with Gasteiger partial charge in [0.2, 0.25) is 11.9 Å². The number of benzene rings is 3. The summed E-state index contributed by atoms with van der Waals surface area (Å²) in [5, 5.41) is 33.3. The van der Waals surface area contributed by atoms with Gasteiger partial charge in [0.25, 0.3) is 0 Å². The molecule has 0 atom stereocenters. The number of thiophene rings is 2. The molecule has 0 saturated heterocycles. The quantitative estimate of drug-likeness (QED) is 0.0584. The number of rotatable bonds is 19. The van der Waals surface area contributed by atoms with Crippen LogP contribution in [0.2, 0.25) is 0 Å². The Morgan fingerprint density at radius 1 is 0.613 bits per heavy atom. The Kier molecular flexibility index (Phi) is 13.8. The van der Waals surface area contributed by atoms with Crippen LogP contribution in [0, 0.1) is 0 Å². The largest absolute Gasteiger partial charge is 0.495 e. The van der Waals surface area contributed by atoms with Gasteiger partial charge in [-0.1, -0.05) is 42.1 Å². The zero-order chi connectivity index (χ0) is 43.0. The summed E-state index contributed by atoms with van der Waals surface area (Å²) >= 11 is 7.12. The van der Waals surface area contributed by atoms with Gasteiger partial charge in [0, 0.05) is 54.1 Å². The minimum atomic E-state index is 0.325.